The van der Waals surface area contributed by atoms with Gasteiger partial charge in [0.1, 0.15) is 6.04 Å². The molecule has 108 valence electrons. The van der Waals surface area contributed by atoms with Gasteiger partial charge in [-0.1, -0.05) is 0 Å². The minimum Gasteiger partial charge on any atom is -0.465 e. The van der Waals surface area contributed by atoms with Gasteiger partial charge in [0.15, 0.2) is 0 Å². The lowest BCUT2D eigenvalue weighted by atomic mass is 10.2. The second kappa shape index (κ2) is 7.91. The van der Waals surface area contributed by atoms with Gasteiger partial charge in [-0.15, -0.1) is 0 Å². The summed E-state index contributed by atoms with van der Waals surface area (Å²) in [4.78, 5) is 18.2. The zero-order valence-corrected chi connectivity index (χ0v) is 12.2. The molecule has 0 fully saturated rings. The van der Waals surface area contributed by atoms with E-state index in [2.05, 4.69) is 15.2 Å². The van der Waals surface area contributed by atoms with E-state index in [1.807, 2.05) is 32.5 Å². The molecule has 0 saturated heterocycles. The largest absolute Gasteiger partial charge is 0.465 e. The summed E-state index contributed by atoms with van der Waals surface area (Å²) >= 11 is 0. The minimum atomic E-state index is -0.456. The van der Waals surface area contributed by atoms with Crippen LogP contribution in [0.25, 0.3) is 0 Å². The second-order valence-electron chi connectivity index (χ2n) is 4.55. The van der Waals surface area contributed by atoms with Crippen LogP contribution in [-0.4, -0.2) is 54.2 Å². The zero-order chi connectivity index (χ0) is 14.3. The number of carbonyl (C=O) groups is 1. The highest BCUT2D eigenvalue weighted by Gasteiger charge is 2.24. The van der Waals surface area contributed by atoms with Crippen molar-refractivity contribution < 1.29 is 9.53 Å². The molecule has 0 radical (unpaired) electrons. The molecule has 0 aliphatic carbocycles. The normalized spacial score (nSPS) is 12.7. The fourth-order valence-electron chi connectivity index (χ4n) is 1.80. The summed E-state index contributed by atoms with van der Waals surface area (Å²) in [5.74, 6) is -0.253. The number of nitrogens with one attached hydrogen (secondary N) is 1. The summed E-state index contributed by atoms with van der Waals surface area (Å²) in [5.41, 5.74) is 0.847. The molecule has 1 aromatic rings. The summed E-state index contributed by atoms with van der Waals surface area (Å²) in [7, 11) is 3.99. The Hall–Kier alpha value is -1.40. The Morgan fingerprint density at radius 3 is 2.84 bits per heavy atom. The third-order valence-electron chi connectivity index (χ3n) is 2.81. The van der Waals surface area contributed by atoms with Crippen molar-refractivity contribution in [2.24, 2.45) is 0 Å². The van der Waals surface area contributed by atoms with Gasteiger partial charge < -0.3 is 14.2 Å². The van der Waals surface area contributed by atoms with Crippen molar-refractivity contribution in [1.29, 1.82) is 0 Å². The average Bonchev–Trinajstić information content (AvgIpc) is 2.82. The molecule has 19 heavy (non-hydrogen) atoms. The maximum Gasteiger partial charge on any atom is 0.329 e. The minimum absolute atomic E-state index is 0.253. The number of nitrogens with zero attached hydrogens (tertiary/aromatic N) is 3. The lowest BCUT2D eigenvalue weighted by Crippen LogP contribution is -2.36. The first-order chi connectivity index (χ1) is 9.10. The highest BCUT2D eigenvalue weighted by molar-refractivity contribution is 5.77. The molecule has 1 unspecified atom stereocenters. The number of aromatic nitrogens is 2. The number of imidazole rings is 1. The molecule has 0 spiro atoms. The van der Waals surface area contributed by atoms with Crippen molar-refractivity contribution in [3.8, 4) is 0 Å². The monoisotopic (exact) mass is 268 g/mol. The van der Waals surface area contributed by atoms with Gasteiger partial charge in [0.25, 0.3) is 0 Å². The lowest BCUT2D eigenvalue weighted by molar-refractivity contribution is -0.146. The van der Waals surface area contributed by atoms with Crippen LogP contribution >= 0.6 is 0 Å². The number of esters is 1. The molecule has 0 aliphatic rings. The van der Waals surface area contributed by atoms with Crippen molar-refractivity contribution in [3.05, 3.63) is 18.2 Å². The molecule has 1 atom stereocenters. The first-order valence-corrected chi connectivity index (χ1v) is 6.64. The van der Waals surface area contributed by atoms with E-state index in [4.69, 9.17) is 4.74 Å². The van der Waals surface area contributed by atoms with Gasteiger partial charge >= 0.3 is 5.97 Å². The molecule has 1 N–H and O–H groups in total. The predicted molar refractivity (Wildman–Crippen MR) is 73.8 cm³/mol. The van der Waals surface area contributed by atoms with E-state index < -0.39 is 6.04 Å². The van der Waals surface area contributed by atoms with Gasteiger partial charge in [-0.2, -0.15) is 0 Å². The van der Waals surface area contributed by atoms with Crippen LogP contribution in [0.5, 0.6) is 0 Å². The number of likely N-dealkylation sites (N-methyl/N-ethyl adjacent to an activating group) is 1. The summed E-state index contributed by atoms with van der Waals surface area (Å²) in [6.07, 6.45) is 3.45. The maximum atomic E-state index is 12.0. The number of carbonyl (C=O) groups excluding carboxylic acids is 1. The van der Waals surface area contributed by atoms with E-state index in [-0.39, 0.29) is 5.97 Å². The molecular weight excluding hydrogens is 244 g/mol. The first kappa shape index (κ1) is 15.7. The fourth-order valence-corrected chi connectivity index (χ4v) is 1.80. The van der Waals surface area contributed by atoms with Crippen LogP contribution in [0, 0.1) is 0 Å². The van der Waals surface area contributed by atoms with Crippen LogP contribution in [0.15, 0.2) is 12.5 Å². The molecule has 6 nitrogen and oxygen atoms in total. The Kier molecular flexibility index (Phi) is 6.52. The Bertz CT molecular complexity index is 390. The van der Waals surface area contributed by atoms with E-state index in [0.29, 0.717) is 13.2 Å². The van der Waals surface area contributed by atoms with E-state index in [0.717, 1.165) is 18.8 Å². The molecule has 1 rings (SSSR count). The third-order valence-corrected chi connectivity index (χ3v) is 2.81. The Morgan fingerprint density at radius 2 is 2.26 bits per heavy atom. The number of hydrogen-bond acceptors (Lipinski definition) is 5. The third kappa shape index (κ3) is 4.65. The van der Waals surface area contributed by atoms with Crippen molar-refractivity contribution in [2.75, 3.05) is 33.8 Å². The number of ether oxygens (including phenoxy) is 1. The van der Waals surface area contributed by atoms with Gasteiger partial charge in [0.05, 0.1) is 24.8 Å². The highest BCUT2D eigenvalue weighted by atomic mass is 16.5. The van der Waals surface area contributed by atoms with Crippen molar-refractivity contribution in [3.63, 3.8) is 0 Å². The van der Waals surface area contributed by atoms with Crippen LogP contribution in [-0.2, 0) is 16.1 Å². The van der Waals surface area contributed by atoms with Crippen LogP contribution in [0.2, 0.25) is 0 Å². The van der Waals surface area contributed by atoms with Crippen molar-refractivity contribution in [2.45, 2.75) is 26.4 Å². The first-order valence-electron chi connectivity index (χ1n) is 6.64. The molecule has 0 bridgehead atoms. The smallest absolute Gasteiger partial charge is 0.329 e. The van der Waals surface area contributed by atoms with Gasteiger partial charge in [-0.25, -0.2) is 9.78 Å². The Labute approximate surface area is 114 Å². The molecule has 1 heterocycles. The number of hydrogen-bond donors (Lipinski definition) is 1. The molecule has 0 aromatic carbocycles. The van der Waals surface area contributed by atoms with Gasteiger partial charge in [-0.05, 0) is 27.9 Å². The molecule has 6 heteroatoms. The number of rotatable bonds is 8. The molecule has 0 saturated carbocycles. The molecule has 1 aromatic heterocycles. The van der Waals surface area contributed by atoms with E-state index in [1.54, 1.807) is 12.5 Å². The predicted octanol–water partition coefficient (Wildman–Crippen LogP) is 0.658. The van der Waals surface area contributed by atoms with Gasteiger partial charge in [-0.3, -0.25) is 5.32 Å². The average molecular weight is 268 g/mol. The SMILES string of the molecule is CCOC(=O)C(NCCN(C)C)c1cncn1CC. The number of aryl methyl sites for hydroxylation is 1. The fraction of sp³-hybridized carbons (Fsp3) is 0.692. The summed E-state index contributed by atoms with van der Waals surface area (Å²) in [6, 6.07) is -0.456. The van der Waals surface area contributed by atoms with Crippen LogP contribution in [0.1, 0.15) is 25.6 Å². The van der Waals surface area contributed by atoms with E-state index >= 15 is 0 Å². The van der Waals surface area contributed by atoms with Crippen LogP contribution < -0.4 is 5.32 Å². The highest BCUT2D eigenvalue weighted by Crippen LogP contribution is 2.14. The lowest BCUT2D eigenvalue weighted by Gasteiger charge is -2.19. The zero-order valence-electron chi connectivity index (χ0n) is 12.2. The van der Waals surface area contributed by atoms with Crippen LogP contribution in [0.3, 0.4) is 0 Å². The Morgan fingerprint density at radius 1 is 1.53 bits per heavy atom. The summed E-state index contributed by atoms with van der Waals surface area (Å²) in [6.45, 7) is 6.56. The van der Waals surface area contributed by atoms with E-state index in [9.17, 15) is 4.79 Å². The van der Waals surface area contributed by atoms with E-state index in [1.165, 1.54) is 0 Å². The molecule has 0 amide bonds. The summed E-state index contributed by atoms with van der Waals surface area (Å²) in [5, 5.41) is 3.24. The standard InChI is InChI=1S/C13H24N4O2/c1-5-17-10-14-9-11(17)12(13(18)19-6-2)15-7-8-16(3)4/h9-10,12,15H,5-8H2,1-4H3. The van der Waals surface area contributed by atoms with Gasteiger partial charge in [0, 0.05) is 19.6 Å². The molecule has 0 aliphatic heterocycles. The Balaban J connectivity index is 2.77. The quantitative estimate of drug-likeness (QED) is 0.702. The molecular formula is C13H24N4O2. The van der Waals surface area contributed by atoms with Gasteiger partial charge in [0.2, 0.25) is 0 Å². The topological polar surface area (TPSA) is 59.4 Å². The maximum absolute atomic E-state index is 12.0. The summed E-state index contributed by atoms with van der Waals surface area (Å²) < 4.78 is 7.08. The van der Waals surface area contributed by atoms with Crippen LogP contribution in [0.4, 0.5) is 0 Å². The van der Waals surface area contributed by atoms with Crippen molar-refractivity contribution >= 4 is 5.97 Å². The second-order valence-corrected chi connectivity index (χ2v) is 4.55. The van der Waals surface area contributed by atoms with Crippen molar-refractivity contribution in [1.82, 2.24) is 19.8 Å².